The van der Waals surface area contributed by atoms with E-state index in [1.165, 1.54) is 81.6 Å². The summed E-state index contributed by atoms with van der Waals surface area (Å²) < 4.78 is 0. The van der Waals surface area contributed by atoms with Gasteiger partial charge < -0.3 is 0 Å². The Morgan fingerprint density at radius 1 is 0.615 bits per heavy atom. The fourth-order valence-corrected chi connectivity index (χ4v) is 10.3. The molecule has 2 heteroatoms. The minimum Gasteiger partial charge on any atom is -0.0746 e. The second-order valence-electron chi connectivity index (χ2n) is 7.76. The number of aryl methyl sites for hydroxylation is 1. The maximum atomic E-state index is 2.56. The summed E-state index contributed by atoms with van der Waals surface area (Å²) in [5.74, 6) is 0. The van der Waals surface area contributed by atoms with Crippen molar-refractivity contribution in [3.8, 4) is 0 Å². The first kappa shape index (κ1) is 24.1. The minimum absolute atomic E-state index is 0.0284. The van der Waals surface area contributed by atoms with Crippen LogP contribution >= 0.6 is 15.8 Å². The Balaban J connectivity index is 3.28. The van der Waals surface area contributed by atoms with E-state index in [0.717, 1.165) is 0 Å². The molecule has 0 N–H and O–H groups in total. The summed E-state index contributed by atoms with van der Waals surface area (Å²) in [4.78, 5) is 0. The van der Waals surface area contributed by atoms with Crippen LogP contribution in [-0.4, -0.2) is 24.6 Å². The number of hydrogen-bond donors (Lipinski definition) is 0. The van der Waals surface area contributed by atoms with Crippen molar-refractivity contribution in [2.24, 2.45) is 0 Å². The fourth-order valence-electron chi connectivity index (χ4n) is 3.53. The highest BCUT2D eigenvalue weighted by Gasteiger charge is 2.22. The summed E-state index contributed by atoms with van der Waals surface area (Å²) in [5.41, 5.74) is 3.16. The molecular weight excluding hydrogens is 350 g/mol. The second-order valence-corrected chi connectivity index (χ2v) is 12.6. The summed E-state index contributed by atoms with van der Waals surface area (Å²) in [6.07, 6.45) is 16.8. The third-order valence-corrected chi connectivity index (χ3v) is 11.3. The third-order valence-electron chi connectivity index (χ3n) is 5.46. The van der Waals surface area contributed by atoms with Crippen LogP contribution in [0, 0.1) is 13.8 Å². The van der Waals surface area contributed by atoms with Gasteiger partial charge in [-0.15, -0.1) is 0 Å². The van der Waals surface area contributed by atoms with Gasteiger partial charge in [0.25, 0.3) is 0 Å². The van der Waals surface area contributed by atoms with Crippen LogP contribution in [0.5, 0.6) is 0 Å². The van der Waals surface area contributed by atoms with Gasteiger partial charge in [0.2, 0.25) is 0 Å². The standard InChI is InChI=1S/C24H44P2/c1-7-11-17-25(18-12-8-2)23-16-15-21(5)22(6)24(23)26(19-13-9-3)20-14-10-4/h15-16H,7-14,17-20H2,1-6H3. The van der Waals surface area contributed by atoms with Gasteiger partial charge in [0, 0.05) is 0 Å². The van der Waals surface area contributed by atoms with Crippen molar-refractivity contribution in [2.45, 2.75) is 92.9 Å². The molecule has 26 heavy (non-hydrogen) atoms. The lowest BCUT2D eigenvalue weighted by Gasteiger charge is -2.29. The molecule has 0 heterocycles. The summed E-state index contributed by atoms with van der Waals surface area (Å²) >= 11 is 0. The van der Waals surface area contributed by atoms with Gasteiger partial charge in [0.05, 0.1) is 0 Å². The van der Waals surface area contributed by atoms with E-state index in [0.29, 0.717) is 0 Å². The van der Waals surface area contributed by atoms with Crippen LogP contribution in [0.25, 0.3) is 0 Å². The van der Waals surface area contributed by atoms with Crippen LogP contribution in [0.2, 0.25) is 0 Å². The molecule has 0 aliphatic rings. The fraction of sp³-hybridized carbons (Fsp3) is 0.750. The lowest BCUT2D eigenvalue weighted by molar-refractivity contribution is 0.869. The monoisotopic (exact) mass is 394 g/mol. The summed E-state index contributed by atoms with van der Waals surface area (Å²) in [6.45, 7) is 14.2. The summed E-state index contributed by atoms with van der Waals surface area (Å²) in [5, 5.41) is 3.66. The highest BCUT2D eigenvalue weighted by molar-refractivity contribution is 7.72. The van der Waals surface area contributed by atoms with E-state index in [1.807, 2.05) is 10.6 Å². The Labute approximate surface area is 167 Å². The van der Waals surface area contributed by atoms with Crippen molar-refractivity contribution >= 4 is 26.5 Å². The minimum atomic E-state index is 0.0284. The first-order valence-electron chi connectivity index (χ1n) is 11.2. The van der Waals surface area contributed by atoms with E-state index in [1.54, 1.807) is 5.56 Å². The molecule has 1 aromatic carbocycles. The van der Waals surface area contributed by atoms with Crippen molar-refractivity contribution in [1.29, 1.82) is 0 Å². The predicted octanol–water partition coefficient (Wildman–Crippen LogP) is 7.72. The van der Waals surface area contributed by atoms with E-state index < -0.39 is 0 Å². The molecule has 0 bridgehead atoms. The number of benzene rings is 1. The molecule has 0 nitrogen and oxygen atoms in total. The highest BCUT2D eigenvalue weighted by atomic mass is 31.1. The zero-order valence-corrected chi connectivity index (χ0v) is 20.3. The number of hydrogen-bond acceptors (Lipinski definition) is 0. The largest absolute Gasteiger partial charge is 0.0746 e. The van der Waals surface area contributed by atoms with E-state index in [2.05, 4.69) is 53.7 Å². The first-order valence-corrected chi connectivity index (χ1v) is 14.6. The summed E-state index contributed by atoms with van der Waals surface area (Å²) in [6, 6.07) is 4.98. The third kappa shape index (κ3) is 7.60. The van der Waals surface area contributed by atoms with Crippen molar-refractivity contribution in [1.82, 2.24) is 0 Å². The molecule has 1 aromatic rings. The maximum Gasteiger partial charge on any atom is -0.0132 e. The molecule has 0 amide bonds. The number of rotatable bonds is 14. The van der Waals surface area contributed by atoms with Gasteiger partial charge in [-0.3, -0.25) is 0 Å². The van der Waals surface area contributed by atoms with Crippen LogP contribution in [0.15, 0.2) is 12.1 Å². The Morgan fingerprint density at radius 2 is 1.04 bits per heavy atom. The molecule has 0 atom stereocenters. The quantitative estimate of drug-likeness (QED) is 0.283. The lowest BCUT2D eigenvalue weighted by atomic mass is 10.1. The first-order chi connectivity index (χ1) is 12.6. The van der Waals surface area contributed by atoms with Gasteiger partial charge in [0.1, 0.15) is 0 Å². The molecule has 0 aromatic heterocycles. The molecule has 0 saturated carbocycles. The van der Waals surface area contributed by atoms with E-state index in [4.69, 9.17) is 0 Å². The smallest absolute Gasteiger partial charge is 0.0132 e. The molecule has 0 radical (unpaired) electrons. The molecule has 1 rings (SSSR count). The van der Waals surface area contributed by atoms with Crippen molar-refractivity contribution < 1.29 is 0 Å². The Bertz CT molecular complexity index is 479. The van der Waals surface area contributed by atoms with Gasteiger partial charge in [-0.25, -0.2) is 0 Å². The average Bonchev–Trinajstić information content (AvgIpc) is 2.65. The van der Waals surface area contributed by atoms with Crippen LogP contribution in [0.4, 0.5) is 0 Å². The molecule has 0 unspecified atom stereocenters. The van der Waals surface area contributed by atoms with Gasteiger partial charge in [-0.2, -0.15) is 0 Å². The molecule has 0 aliphatic carbocycles. The lowest BCUT2D eigenvalue weighted by Crippen LogP contribution is -2.29. The van der Waals surface area contributed by atoms with Gasteiger partial charge in [0.15, 0.2) is 0 Å². The number of unbranched alkanes of at least 4 members (excludes halogenated alkanes) is 4. The normalized spacial score (nSPS) is 11.7. The Hall–Kier alpha value is 0.0800. The van der Waals surface area contributed by atoms with Crippen LogP contribution in [0.3, 0.4) is 0 Å². The predicted molar refractivity (Wildman–Crippen MR) is 128 cm³/mol. The van der Waals surface area contributed by atoms with Crippen molar-refractivity contribution in [3.63, 3.8) is 0 Å². The van der Waals surface area contributed by atoms with E-state index in [-0.39, 0.29) is 15.8 Å². The van der Waals surface area contributed by atoms with Gasteiger partial charge in [-0.05, 0) is 85.9 Å². The van der Waals surface area contributed by atoms with Gasteiger partial charge in [-0.1, -0.05) is 81.4 Å². The average molecular weight is 395 g/mol. The molecule has 0 spiro atoms. The Kier molecular flexibility index (Phi) is 13.1. The van der Waals surface area contributed by atoms with E-state index in [9.17, 15) is 0 Å². The summed E-state index contributed by atoms with van der Waals surface area (Å²) in [7, 11) is 0.0653. The SMILES string of the molecule is CCCCP(CCCC)c1ccc(C)c(C)c1P(CCCC)CCCC. The van der Waals surface area contributed by atoms with Crippen LogP contribution in [-0.2, 0) is 0 Å². The van der Waals surface area contributed by atoms with Crippen LogP contribution < -0.4 is 10.6 Å². The van der Waals surface area contributed by atoms with Crippen molar-refractivity contribution in [2.75, 3.05) is 24.6 Å². The molecule has 150 valence electrons. The van der Waals surface area contributed by atoms with Gasteiger partial charge >= 0.3 is 0 Å². The second kappa shape index (κ2) is 14.1. The van der Waals surface area contributed by atoms with Crippen LogP contribution in [0.1, 0.15) is 90.2 Å². The zero-order valence-electron chi connectivity index (χ0n) is 18.5. The maximum absolute atomic E-state index is 2.56. The molecule has 0 aliphatic heterocycles. The molecule has 0 fully saturated rings. The zero-order chi connectivity index (χ0) is 19.4. The van der Waals surface area contributed by atoms with E-state index >= 15 is 0 Å². The Morgan fingerprint density at radius 3 is 1.46 bits per heavy atom. The van der Waals surface area contributed by atoms with Crippen molar-refractivity contribution in [3.05, 3.63) is 23.3 Å². The molecule has 0 saturated heterocycles. The highest BCUT2D eigenvalue weighted by Crippen LogP contribution is 2.44. The topological polar surface area (TPSA) is 0 Å². The molecular formula is C24H44P2.